The van der Waals surface area contributed by atoms with Crippen molar-refractivity contribution in [2.45, 2.75) is 6.61 Å². The molecule has 0 spiro atoms. The molecule has 1 aliphatic heterocycles. The maximum absolute atomic E-state index is 13.0. The number of benzene rings is 4. The lowest BCUT2D eigenvalue weighted by Crippen LogP contribution is -1.98. The van der Waals surface area contributed by atoms with Gasteiger partial charge in [-0.15, -0.1) is 0 Å². The van der Waals surface area contributed by atoms with Gasteiger partial charge in [0.05, 0.1) is 12.7 Å². The molecule has 35 heavy (non-hydrogen) atoms. The molecule has 0 aliphatic carbocycles. The van der Waals surface area contributed by atoms with E-state index in [1.165, 1.54) is 0 Å². The number of cyclic esters (lactones) is 1. The van der Waals surface area contributed by atoms with E-state index < -0.39 is 0 Å². The maximum Gasteiger partial charge on any atom is 0.344 e. The van der Waals surface area contributed by atoms with Crippen molar-refractivity contribution < 1.29 is 19.0 Å². The zero-order valence-electron chi connectivity index (χ0n) is 19.3. The summed E-state index contributed by atoms with van der Waals surface area (Å²) in [6, 6.07) is 35.0. The van der Waals surface area contributed by atoms with Crippen molar-refractivity contribution in [2.24, 2.45) is 0 Å². The summed E-state index contributed by atoms with van der Waals surface area (Å²) in [5.41, 5.74) is 4.95. The second kappa shape index (κ2) is 10.1. The van der Waals surface area contributed by atoms with Gasteiger partial charge in [0, 0.05) is 5.57 Å². The Morgan fingerprint density at radius 2 is 1.31 bits per heavy atom. The fourth-order valence-electron chi connectivity index (χ4n) is 4.07. The third-order valence-electron chi connectivity index (χ3n) is 5.75. The van der Waals surface area contributed by atoms with E-state index in [0.29, 0.717) is 29.4 Å². The Kier molecular flexibility index (Phi) is 6.44. The first kappa shape index (κ1) is 22.2. The minimum absolute atomic E-state index is 0.365. The molecule has 1 heterocycles. The first-order valence-corrected chi connectivity index (χ1v) is 11.4. The van der Waals surface area contributed by atoms with Gasteiger partial charge in [-0.2, -0.15) is 0 Å². The molecule has 5 rings (SSSR count). The lowest BCUT2D eigenvalue weighted by Gasteiger charge is -2.12. The number of ether oxygens (including phenoxy) is 3. The molecule has 4 aromatic rings. The van der Waals surface area contributed by atoms with E-state index in [4.69, 9.17) is 14.2 Å². The van der Waals surface area contributed by atoms with Crippen molar-refractivity contribution in [3.05, 3.63) is 137 Å². The van der Waals surface area contributed by atoms with Crippen LogP contribution in [0.15, 0.2) is 115 Å². The molecule has 0 aromatic heterocycles. The predicted molar refractivity (Wildman–Crippen MR) is 138 cm³/mol. The zero-order valence-corrected chi connectivity index (χ0v) is 19.3. The molecule has 1 aliphatic rings. The van der Waals surface area contributed by atoms with Gasteiger partial charge in [0.1, 0.15) is 12.4 Å². The van der Waals surface area contributed by atoms with E-state index in [1.54, 1.807) is 7.11 Å². The highest BCUT2D eigenvalue weighted by molar-refractivity contribution is 6.30. The zero-order chi connectivity index (χ0) is 24.0. The minimum Gasteiger partial charge on any atom is -0.493 e. The normalized spacial score (nSPS) is 14.2. The first-order chi connectivity index (χ1) is 17.2. The second-order valence-electron chi connectivity index (χ2n) is 8.06. The largest absolute Gasteiger partial charge is 0.493 e. The summed E-state index contributed by atoms with van der Waals surface area (Å²) in [7, 11) is 1.62. The van der Waals surface area contributed by atoms with E-state index in [9.17, 15) is 4.79 Å². The summed E-state index contributed by atoms with van der Waals surface area (Å²) >= 11 is 0. The molecule has 0 unspecified atom stereocenters. The Morgan fingerprint density at radius 1 is 0.714 bits per heavy atom. The van der Waals surface area contributed by atoms with E-state index in [-0.39, 0.29) is 5.97 Å². The van der Waals surface area contributed by atoms with E-state index in [1.807, 2.05) is 115 Å². The summed E-state index contributed by atoms with van der Waals surface area (Å²) in [5, 5.41) is 0. The highest BCUT2D eigenvalue weighted by atomic mass is 16.5. The summed E-state index contributed by atoms with van der Waals surface area (Å²) < 4.78 is 17.4. The molecular weight excluding hydrogens is 436 g/mol. The third kappa shape index (κ3) is 4.87. The lowest BCUT2D eigenvalue weighted by molar-refractivity contribution is -0.131. The van der Waals surface area contributed by atoms with Crippen molar-refractivity contribution >= 4 is 23.2 Å². The van der Waals surface area contributed by atoms with Gasteiger partial charge in [0.15, 0.2) is 11.5 Å². The molecule has 0 saturated heterocycles. The van der Waals surface area contributed by atoms with Crippen molar-refractivity contribution in [2.75, 3.05) is 7.11 Å². The number of methoxy groups -OCH3 is 1. The molecule has 0 radical (unpaired) electrons. The number of rotatable bonds is 7. The quantitative estimate of drug-likeness (QED) is 0.285. The van der Waals surface area contributed by atoms with Crippen LogP contribution in [0.3, 0.4) is 0 Å². The maximum atomic E-state index is 13.0. The average Bonchev–Trinajstić information content (AvgIpc) is 3.24. The molecular formula is C31H24O4. The fourth-order valence-corrected chi connectivity index (χ4v) is 4.07. The Labute approximate surface area is 204 Å². The van der Waals surface area contributed by atoms with Gasteiger partial charge in [-0.3, -0.25) is 0 Å². The number of carbonyl (C=O) groups is 1. The molecule has 4 heteroatoms. The Bertz CT molecular complexity index is 1390. The van der Waals surface area contributed by atoms with E-state index >= 15 is 0 Å². The molecule has 4 aromatic carbocycles. The Balaban J connectivity index is 1.55. The topological polar surface area (TPSA) is 44.8 Å². The number of allylic oxidation sites excluding steroid dienone is 1. The standard InChI is InChI=1S/C31H24O4/c1-33-26-18-17-23(19-27(26)34-21-22-11-5-2-6-12-22)20-28-29(24-13-7-3-8-14-24)30(31(32)35-28)25-15-9-4-10-16-25/h2-20H,21H2,1H3/b28-20-. The van der Waals surface area contributed by atoms with Gasteiger partial charge in [0.2, 0.25) is 0 Å². The fraction of sp³-hybridized carbons (Fsp3) is 0.0645. The van der Waals surface area contributed by atoms with Crippen LogP contribution in [0, 0.1) is 0 Å². The summed E-state index contributed by atoms with van der Waals surface area (Å²) in [5.74, 6) is 1.38. The van der Waals surface area contributed by atoms with Crippen LogP contribution in [0.4, 0.5) is 0 Å². The highest BCUT2D eigenvalue weighted by Crippen LogP contribution is 2.41. The van der Waals surface area contributed by atoms with Crippen LogP contribution in [0.25, 0.3) is 17.2 Å². The van der Waals surface area contributed by atoms with Crippen LogP contribution in [0.1, 0.15) is 22.3 Å². The van der Waals surface area contributed by atoms with Crippen LogP contribution < -0.4 is 9.47 Å². The third-order valence-corrected chi connectivity index (χ3v) is 5.75. The molecule has 172 valence electrons. The van der Waals surface area contributed by atoms with Gasteiger partial charge in [-0.05, 0) is 40.5 Å². The lowest BCUT2D eigenvalue weighted by atomic mass is 9.94. The highest BCUT2D eigenvalue weighted by Gasteiger charge is 2.31. The van der Waals surface area contributed by atoms with Gasteiger partial charge < -0.3 is 14.2 Å². The monoisotopic (exact) mass is 460 g/mol. The van der Waals surface area contributed by atoms with Crippen LogP contribution >= 0.6 is 0 Å². The van der Waals surface area contributed by atoms with E-state index in [0.717, 1.165) is 27.8 Å². The van der Waals surface area contributed by atoms with Crippen LogP contribution in [0.5, 0.6) is 11.5 Å². The number of carbonyl (C=O) groups excluding carboxylic acids is 1. The molecule has 0 saturated carbocycles. The van der Waals surface area contributed by atoms with E-state index in [2.05, 4.69) is 0 Å². The SMILES string of the molecule is COc1ccc(/C=C2\OC(=O)C(c3ccccc3)=C2c2ccccc2)cc1OCc1ccccc1. The van der Waals surface area contributed by atoms with Crippen LogP contribution in [-0.2, 0) is 16.1 Å². The molecule has 0 atom stereocenters. The van der Waals surface area contributed by atoms with Crippen molar-refractivity contribution in [1.29, 1.82) is 0 Å². The first-order valence-electron chi connectivity index (χ1n) is 11.4. The van der Waals surface area contributed by atoms with Gasteiger partial charge in [-0.25, -0.2) is 4.79 Å². The minimum atomic E-state index is -0.365. The predicted octanol–water partition coefficient (Wildman–Crippen LogP) is 6.78. The van der Waals surface area contributed by atoms with Gasteiger partial charge in [0.25, 0.3) is 0 Å². The smallest absolute Gasteiger partial charge is 0.344 e. The molecule has 0 N–H and O–H groups in total. The summed E-state index contributed by atoms with van der Waals surface area (Å²) in [6.07, 6.45) is 1.87. The number of esters is 1. The molecule has 4 nitrogen and oxygen atoms in total. The molecule has 0 bridgehead atoms. The van der Waals surface area contributed by atoms with Crippen molar-refractivity contribution in [3.8, 4) is 11.5 Å². The average molecular weight is 461 g/mol. The summed E-state index contributed by atoms with van der Waals surface area (Å²) in [6.45, 7) is 0.416. The Morgan fingerprint density at radius 3 is 1.94 bits per heavy atom. The van der Waals surface area contributed by atoms with Crippen LogP contribution in [-0.4, -0.2) is 13.1 Å². The summed E-state index contributed by atoms with van der Waals surface area (Å²) in [4.78, 5) is 13.0. The van der Waals surface area contributed by atoms with Gasteiger partial charge >= 0.3 is 5.97 Å². The van der Waals surface area contributed by atoms with Crippen LogP contribution in [0.2, 0.25) is 0 Å². The van der Waals surface area contributed by atoms with Crippen molar-refractivity contribution in [1.82, 2.24) is 0 Å². The Hall–Kier alpha value is -4.57. The number of hydrogen-bond donors (Lipinski definition) is 0. The second-order valence-corrected chi connectivity index (χ2v) is 8.06. The molecule has 0 fully saturated rings. The van der Waals surface area contributed by atoms with Crippen molar-refractivity contribution in [3.63, 3.8) is 0 Å². The molecule has 0 amide bonds. The van der Waals surface area contributed by atoms with Gasteiger partial charge in [-0.1, -0.05) is 97.1 Å². The number of hydrogen-bond acceptors (Lipinski definition) is 4.